The number of amides is 2. The zero-order valence-electron chi connectivity index (χ0n) is 15.0. The molecule has 1 heterocycles. The number of hydrogen-bond acceptors (Lipinski definition) is 5. The molecular formula is C21H16N4O3. The van der Waals surface area contributed by atoms with Crippen molar-refractivity contribution in [3.8, 4) is 11.8 Å². The van der Waals surface area contributed by atoms with E-state index in [0.717, 1.165) is 0 Å². The van der Waals surface area contributed by atoms with Gasteiger partial charge in [-0.05, 0) is 36.4 Å². The fourth-order valence-corrected chi connectivity index (χ4v) is 2.46. The first kappa shape index (κ1) is 18.6. The monoisotopic (exact) mass is 372 g/mol. The predicted octanol–water partition coefficient (Wildman–Crippen LogP) is 3.47. The van der Waals surface area contributed by atoms with Crippen molar-refractivity contribution in [1.29, 1.82) is 5.26 Å². The molecule has 1 aromatic heterocycles. The summed E-state index contributed by atoms with van der Waals surface area (Å²) in [5.41, 5.74) is 1.94. The molecule has 0 saturated carbocycles. The Kier molecular flexibility index (Phi) is 5.63. The minimum atomic E-state index is -0.432. The molecule has 0 aliphatic rings. The maximum absolute atomic E-state index is 12.5. The summed E-state index contributed by atoms with van der Waals surface area (Å²) >= 11 is 0. The van der Waals surface area contributed by atoms with Crippen LogP contribution >= 0.6 is 0 Å². The van der Waals surface area contributed by atoms with Gasteiger partial charge in [0.15, 0.2) is 0 Å². The van der Waals surface area contributed by atoms with Crippen molar-refractivity contribution in [3.05, 3.63) is 83.7 Å². The van der Waals surface area contributed by atoms with E-state index in [1.807, 2.05) is 6.07 Å². The second kappa shape index (κ2) is 8.47. The third-order valence-electron chi connectivity index (χ3n) is 3.84. The first-order valence-electron chi connectivity index (χ1n) is 8.31. The smallest absolute Gasteiger partial charge is 0.257 e. The summed E-state index contributed by atoms with van der Waals surface area (Å²) in [6, 6.07) is 16.9. The fraction of sp³-hybridized carbons (Fsp3) is 0.0476. The molecule has 0 saturated heterocycles. The van der Waals surface area contributed by atoms with Crippen molar-refractivity contribution in [2.75, 3.05) is 17.7 Å². The van der Waals surface area contributed by atoms with Crippen LogP contribution in [0, 0.1) is 11.3 Å². The standard InChI is InChI=1S/C21H16N4O3/c1-28-19-7-3-6-18(10-19)25-21(27)16-9-15(12-23-13-16)20(26)24-17-5-2-4-14(8-17)11-22/h2-10,12-13H,1H3,(H,24,26)(H,25,27). The SMILES string of the molecule is COc1cccc(NC(=O)c2cncc(C(=O)Nc3cccc(C#N)c3)c2)c1. The topological polar surface area (TPSA) is 104 Å². The van der Waals surface area contributed by atoms with E-state index in [1.165, 1.54) is 18.5 Å². The van der Waals surface area contributed by atoms with Crippen LogP contribution in [0.25, 0.3) is 0 Å². The lowest BCUT2D eigenvalue weighted by atomic mass is 10.1. The minimum absolute atomic E-state index is 0.223. The number of aromatic nitrogens is 1. The van der Waals surface area contributed by atoms with Crippen LogP contribution in [-0.4, -0.2) is 23.9 Å². The van der Waals surface area contributed by atoms with Gasteiger partial charge in [0.2, 0.25) is 0 Å². The second-order valence-electron chi connectivity index (χ2n) is 5.80. The van der Waals surface area contributed by atoms with Gasteiger partial charge in [-0.25, -0.2) is 0 Å². The Labute approximate surface area is 161 Å². The van der Waals surface area contributed by atoms with Gasteiger partial charge in [0.1, 0.15) is 5.75 Å². The predicted molar refractivity (Wildman–Crippen MR) is 104 cm³/mol. The molecule has 7 nitrogen and oxygen atoms in total. The number of hydrogen-bond donors (Lipinski definition) is 2. The minimum Gasteiger partial charge on any atom is -0.497 e. The number of ether oxygens (including phenoxy) is 1. The van der Waals surface area contributed by atoms with E-state index in [1.54, 1.807) is 55.6 Å². The normalized spacial score (nSPS) is 9.86. The van der Waals surface area contributed by atoms with Crippen LogP contribution in [0.15, 0.2) is 67.0 Å². The average Bonchev–Trinajstić information content (AvgIpc) is 2.74. The summed E-state index contributed by atoms with van der Waals surface area (Å²) < 4.78 is 5.13. The van der Waals surface area contributed by atoms with Crippen LogP contribution in [0.1, 0.15) is 26.3 Å². The zero-order valence-corrected chi connectivity index (χ0v) is 15.0. The van der Waals surface area contributed by atoms with Crippen molar-refractivity contribution in [1.82, 2.24) is 4.98 Å². The summed E-state index contributed by atoms with van der Waals surface area (Å²) in [6.07, 6.45) is 2.74. The summed E-state index contributed by atoms with van der Waals surface area (Å²) in [6.45, 7) is 0. The molecule has 0 aliphatic carbocycles. The molecule has 3 rings (SSSR count). The molecule has 0 radical (unpaired) electrons. The maximum atomic E-state index is 12.5. The molecular weight excluding hydrogens is 356 g/mol. The van der Waals surface area contributed by atoms with Gasteiger partial charge >= 0.3 is 0 Å². The van der Waals surface area contributed by atoms with E-state index in [4.69, 9.17) is 10.00 Å². The molecule has 0 spiro atoms. The summed E-state index contributed by atoms with van der Waals surface area (Å²) in [5.74, 6) is -0.218. The largest absolute Gasteiger partial charge is 0.497 e. The fourth-order valence-electron chi connectivity index (χ4n) is 2.46. The molecule has 0 bridgehead atoms. The Bertz CT molecular complexity index is 1070. The number of pyridine rings is 1. The van der Waals surface area contributed by atoms with Crippen molar-refractivity contribution in [3.63, 3.8) is 0 Å². The molecule has 28 heavy (non-hydrogen) atoms. The number of nitriles is 1. The third kappa shape index (κ3) is 4.51. The first-order valence-corrected chi connectivity index (χ1v) is 8.31. The zero-order chi connectivity index (χ0) is 19.9. The molecule has 2 amide bonds. The van der Waals surface area contributed by atoms with Gasteiger partial charge in [-0.15, -0.1) is 0 Å². The van der Waals surface area contributed by atoms with E-state index in [9.17, 15) is 9.59 Å². The van der Waals surface area contributed by atoms with Crippen LogP contribution in [0.2, 0.25) is 0 Å². The van der Waals surface area contributed by atoms with Crippen molar-refractivity contribution < 1.29 is 14.3 Å². The van der Waals surface area contributed by atoms with Crippen LogP contribution in [-0.2, 0) is 0 Å². The Morgan fingerprint density at radius 3 is 2.14 bits per heavy atom. The molecule has 0 fully saturated rings. The van der Waals surface area contributed by atoms with Crippen LogP contribution < -0.4 is 15.4 Å². The molecule has 0 atom stereocenters. The molecule has 0 unspecified atom stereocenters. The average molecular weight is 372 g/mol. The first-order chi connectivity index (χ1) is 13.6. The van der Waals surface area contributed by atoms with Gasteiger partial charge in [0, 0.05) is 29.8 Å². The number of carbonyl (C=O) groups excluding carboxylic acids is 2. The van der Waals surface area contributed by atoms with E-state index in [-0.39, 0.29) is 11.1 Å². The lowest BCUT2D eigenvalue weighted by Crippen LogP contribution is -2.16. The number of nitrogens with zero attached hydrogens (tertiary/aromatic N) is 2. The number of benzene rings is 2. The van der Waals surface area contributed by atoms with E-state index in [2.05, 4.69) is 15.6 Å². The highest BCUT2D eigenvalue weighted by Gasteiger charge is 2.12. The van der Waals surface area contributed by atoms with E-state index in [0.29, 0.717) is 22.7 Å². The van der Waals surface area contributed by atoms with Crippen molar-refractivity contribution in [2.45, 2.75) is 0 Å². The summed E-state index contributed by atoms with van der Waals surface area (Å²) in [5, 5.41) is 14.4. The van der Waals surface area contributed by atoms with Crippen LogP contribution in [0.5, 0.6) is 5.75 Å². The van der Waals surface area contributed by atoms with Crippen molar-refractivity contribution >= 4 is 23.2 Å². The molecule has 3 aromatic rings. The molecule has 138 valence electrons. The van der Waals surface area contributed by atoms with Crippen molar-refractivity contribution in [2.24, 2.45) is 0 Å². The molecule has 0 aliphatic heterocycles. The molecule has 7 heteroatoms. The number of carbonyl (C=O) groups is 2. The lowest BCUT2D eigenvalue weighted by molar-refractivity contribution is 0.102. The number of nitrogens with one attached hydrogen (secondary N) is 2. The van der Waals surface area contributed by atoms with Crippen LogP contribution in [0.3, 0.4) is 0 Å². The summed E-state index contributed by atoms with van der Waals surface area (Å²) in [4.78, 5) is 28.9. The Balaban J connectivity index is 1.74. The molecule has 2 aromatic carbocycles. The second-order valence-corrected chi connectivity index (χ2v) is 5.80. The number of rotatable bonds is 5. The van der Waals surface area contributed by atoms with Gasteiger partial charge in [-0.2, -0.15) is 5.26 Å². The lowest BCUT2D eigenvalue weighted by Gasteiger charge is -2.09. The van der Waals surface area contributed by atoms with E-state index < -0.39 is 11.8 Å². The number of anilines is 2. The highest BCUT2D eigenvalue weighted by Crippen LogP contribution is 2.18. The van der Waals surface area contributed by atoms with Crippen LogP contribution in [0.4, 0.5) is 11.4 Å². The highest BCUT2D eigenvalue weighted by atomic mass is 16.5. The quantitative estimate of drug-likeness (QED) is 0.714. The van der Waals surface area contributed by atoms with Gasteiger partial charge in [-0.3, -0.25) is 14.6 Å². The Hall–Kier alpha value is -4.18. The van der Waals surface area contributed by atoms with E-state index >= 15 is 0 Å². The van der Waals surface area contributed by atoms with Gasteiger partial charge in [-0.1, -0.05) is 12.1 Å². The highest BCUT2D eigenvalue weighted by molar-refractivity contribution is 6.08. The summed E-state index contributed by atoms with van der Waals surface area (Å²) in [7, 11) is 1.54. The van der Waals surface area contributed by atoms with Gasteiger partial charge in [0.05, 0.1) is 29.9 Å². The Morgan fingerprint density at radius 1 is 0.929 bits per heavy atom. The molecule has 2 N–H and O–H groups in total. The van der Waals surface area contributed by atoms with Gasteiger partial charge < -0.3 is 15.4 Å². The third-order valence-corrected chi connectivity index (χ3v) is 3.84. The Morgan fingerprint density at radius 2 is 1.54 bits per heavy atom. The maximum Gasteiger partial charge on any atom is 0.257 e. The van der Waals surface area contributed by atoms with Gasteiger partial charge in [0.25, 0.3) is 11.8 Å². The number of methoxy groups -OCH3 is 1.